The summed E-state index contributed by atoms with van der Waals surface area (Å²) in [5.74, 6) is -1.15. The third kappa shape index (κ3) is 8.39. The molecule has 4 unspecified atom stereocenters. The molecule has 4 atom stereocenters. The third-order valence-corrected chi connectivity index (χ3v) is 6.07. The quantitative estimate of drug-likeness (QED) is 0.161. The van der Waals surface area contributed by atoms with Crippen LogP contribution in [-0.4, -0.2) is 40.1 Å². The van der Waals surface area contributed by atoms with E-state index in [0.717, 1.165) is 25.0 Å². The number of phenols is 1. The zero-order chi connectivity index (χ0) is 28.1. The lowest BCUT2D eigenvalue weighted by Gasteiger charge is -2.30. The number of unbranched alkanes of at least 4 members (excludes halogenated alkanes) is 1. The molecule has 1 aliphatic rings. The third-order valence-electron chi connectivity index (χ3n) is 6.07. The first-order chi connectivity index (χ1) is 17.8. The number of nitrogens with one attached hydrogen (secondary N) is 3. The number of phenolic OH excluding ortho intramolecular Hbond substituents is 1. The summed E-state index contributed by atoms with van der Waals surface area (Å²) in [6.45, 7) is 8.74. The molecule has 1 heterocycles. The Bertz CT molecular complexity index is 1090. The maximum absolute atomic E-state index is 14.0. The van der Waals surface area contributed by atoms with Gasteiger partial charge in [0.05, 0.1) is 5.56 Å². The van der Waals surface area contributed by atoms with Gasteiger partial charge in [-0.2, -0.15) is 13.2 Å². The highest BCUT2D eigenvalue weighted by atomic mass is 19.4. The van der Waals surface area contributed by atoms with Crippen LogP contribution in [0.3, 0.4) is 0 Å². The van der Waals surface area contributed by atoms with Crippen LogP contribution >= 0.6 is 0 Å². The van der Waals surface area contributed by atoms with E-state index in [0.29, 0.717) is 18.5 Å². The molecule has 38 heavy (non-hydrogen) atoms. The first-order valence-electron chi connectivity index (χ1n) is 12.7. The molecule has 0 amide bonds. The molecule has 0 spiro atoms. The van der Waals surface area contributed by atoms with Gasteiger partial charge >= 0.3 is 6.18 Å². The Morgan fingerprint density at radius 3 is 2.39 bits per heavy atom. The minimum Gasteiger partial charge on any atom is -0.505 e. The lowest BCUT2D eigenvalue weighted by molar-refractivity contribution is -0.508. The van der Waals surface area contributed by atoms with Crippen molar-refractivity contribution in [2.75, 3.05) is 6.54 Å². The summed E-state index contributed by atoms with van der Waals surface area (Å²) in [6, 6.07) is 8.19. The Hall–Kier alpha value is -2.73. The fourth-order valence-corrected chi connectivity index (χ4v) is 4.00. The average molecular weight is 540 g/mol. The molecule has 0 aliphatic carbocycles. The molecule has 0 radical (unpaired) electrons. The molecule has 2 aromatic rings. The predicted octanol–water partition coefficient (Wildman–Crippen LogP) is 5.28. The monoisotopic (exact) mass is 539 g/mol. The van der Waals surface area contributed by atoms with Crippen molar-refractivity contribution in [3.05, 3.63) is 70.4 Å². The van der Waals surface area contributed by atoms with E-state index in [-0.39, 0.29) is 23.2 Å². The lowest BCUT2D eigenvalue weighted by Crippen LogP contribution is -2.59. The second-order valence-corrected chi connectivity index (χ2v) is 10.7. The van der Waals surface area contributed by atoms with E-state index < -0.39 is 35.8 Å². The second-order valence-electron chi connectivity index (χ2n) is 10.7. The summed E-state index contributed by atoms with van der Waals surface area (Å²) in [4.78, 5) is 0. The molecule has 1 saturated heterocycles. The molecule has 5 N–H and O–H groups in total. The van der Waals surface area contributed by atoms with Crippen LogP contribution in [0.15, 0.2) is 42.5 Å². The molecule has 0 aromatic heterocycles. The number of hydrogen-bond donors (Lipinski definition) is 5. The Morgan fingerprint density at radius 1 is 1.13 bits per heavy atom. The maximum Gasteiger partial charge on any atom is 0.416 e. The van der Waals surface area contributed by atoms with Crippen molar-refractivity contribution < 1.29 is 32.5 Å². The van der Waals surface area contributed by atoms with Gasteiger partial charge in [0.25, 0.3) is 0 Å². The summed E-state index contributed by atoms with van der Waals surface area (Å²) in [7, 11) is 0. The standard InChI is InChI=1S/C27H37F4N5O2/c1-5-6-13-36-23(15-21(35-36)18-9-12-22(37)20(28)14-18)33-25(32-16-26(2,3)4)34-24(38)17-7-10-19(11-8-17)27(29,30)31/h7-14,21,23-25,32-34,37-38H,5-6,15-16H2,1-4H3/b36-13-. The molecule has 3 rings (SSSR count). The summed E-state index contributed by atoms with van der Waals surface area (Å²) >= 11 is 0. The summed E-state index contributed by atoms with van der Waals surface area (Å²) in [5, 5.41) is 30.1. The highest BCUT2D eigenvalue weighted by Crippen LogP contribution is 2.36. The first-order valence-corrected chi connectivity index (χ1v) is 12.7. The van der Waals surface area contributed by atoms with Crippen molar-refractivity contribution in [1.29, 1.82) is 0 Å². The zero-order valence-corrected chi connectivity index (χ0v) is 22.1. The largest absolute Gasteiger partial charge is 0.505 e. The van der Waals surface area contributed by atoms with Gasteiger partial charge in [0.15, 0.2) is 11.6 Å². The van der Waals surface area contributed by atoms with Gasteiger partial charge in [-0.25, -0.2) is 9.71 Å². The molecule has 1 aliphatic heterocycles. The van der Waals surface area contributed by atoms with E-state index >= 15 is 0 Å². The normalized spacial score (nSPS) is 20.9. The van der Waals surface area contributed by atoms with Crippen molar-refractivity contribution in [3.63, 3.8) is 0 Å². The second kappa shape index (κ2) is 12.4. The van der Waals surface area contributed by atoms with Crippen molar-refractivity contribution >= 4 is 6.21 Å². The van der Waals surface area contributed by atoms with Gasteiger partial charge in [0.2, 0.25) is 6.17 Å². The van der Waals surface area contributed by atoms with Crippen LogP contribution in [0.5, 0.6) is 5.75 Å². The summed E-state index contributed by atoms with van der Waals surface area (Å²) < 4.78 is 54.6. The molecular formula is C27H37F4N5O2. The Balaban J connectivity index is 1.79. The van der Waals surface area contributed by atoms with Gasteiger partial charge in [-0.3, -0.25) is 15.3 Å². The lowest BCUT2D eigenvalue weighted by atomic mass is 9.97. The van der Waals surface area contributed by atoms with Crippen LogP contribution in [-0.2, 0) is 6.18 Å². The minimum atomic E-state index is -4.46. The number of aliphatic hydroxyl groups is 1. The van der Waals surface area contributed by atoms with E-state index in [2.05, 4.69) is 16.0 Å². The fraction of sp³-hybridized carbons (Fsp3) is 0.519. The van der Waals surface area contributed by atoms with E-state index in [1.54, 1.807) is 10.8 Å². The van der Waals surface area contributed by atoms with Crippen molar-refractivity contribution in [3.8, 4) is 5.75 Å². The zero-order valence-electron chi connectivity index (χ0n) is 22.1. The van der Waals surface area contributed by atoms with E-state index in [1.807, 2.05) is 33.9 Å². The Morgan fingerprint density at radius 2 is 1.82 bits per heavy atom. The minimum absolute atomic E-state index is 0.0961. The number of halogens is 4. The average Bonchev–Trinajstić information content (AvgIpc) is 3.24. The summed E-state index contributed by atoms with van der Waals surface area (Å²) in [5.41, 5.74) is 4.74. The number of nitrogens with zero attached hydrogens (tertiary/aromatic N) is 2. The van der Waals surface area contributed by atoms with Gasteiger partial charge in [-0.05, 0) is 47.7 Å². The highest BCUT2D eigenvalue weighted by molar-refractivity contribution is 5.51. The van der Waals surface area contributed by atoms with Gasteiger partial charge in [-0.1, -0.05) is 51.5 Å². The molecule has 7 nitrogen and oxygen atoms in total. The van der Waals surface area contributed by atoms with Crippen molar-refractivity contribution in [2.24, 2.45) is 5.41 Å². The maximum atomic E-state index is 14.0. The number of benzene rings is 2. The van der Waals surface area contributed by atoms with Gasteiger partial charge in [-0.15, -0.1) is 0 Å². The van der Waals surface area contributed by atoms with Crippen molar-refractivity contribution in [2.45, 2.75) is 77.9 Å². The van der Waals surface area contributed by atoms with Crippen LogP contribution in [0.25, 0.3) is 5.43 Å². The Kier molecular flexibility index (Phi) is 9.74. The van der Waals surface area contributed by atoms with Gasteiger partial charge in [0.1, 0.15) is 18.7 Å². The number of alkyl halides is 3. The first kappa shape index (κ1) is 29.8. The van der Waals surface area contributed by atoms with Crippen LogP contribution < -0.4 is 16.0 Å². The molecule has 0 saturated carbocycles. The molecule has 2 aromatic carbocycles. The van der Waals surface area contributed by atoms with Crippen LogP contribution in [0.2, 0.25) is 0 Å². The van der Waals surface area contributed by atoms with Crippen LogP contribution in [0.4, 0.5) is 17.6 Å². The predicted molar refractivity (Wildman–Crippen MR) is 138 cm³/mol. The number of aromatic hydroxyl groups is 1. The van der Waals surface area contributed by atoms with E-state index in [1.165, 1.54) is 24.3 Å². The van der Waals surface area contributed by atoms with Gasteiger partial charge in [0, 0.05) is 19.4 Å². The number of aliphatic hydroxyl groups excluding tert-OH is 1. The fourth-order valence-electron chi connectivity index (χ4n) is 4.00. The van der Waals surface area contributed by atoms with E-state index in [4.69, 9.17) is 5.43 Å². The van der Waals surface area contributed by atoms with E-state index in [9.17, 15) is 27.8 Å². The molecule has 210 valence electrons. The number of hydrogen-bond acceptors (Lipinski definition) is 5. The van der Waals surface area contributed by atoms with Crippen molar-refractivity contribution in [1.82, 2.24) is 16.0 Å². The van der Waals surface area contributed by atoms with Gasteiger partial charge < -0.3 is 15.6 Å². The van der Waals surface area contributed by atoms with Crippen LogP contribution in [0, 0.1) is 11.2 Å². The molecule has 11 heteroatoms. The SMILES string of the molecule is CCC/C=[N+]1\[N-]C(c2ccc(O)c(F)c2)CC1NC(NCC(C)(C)C)NC(O)c1ccc(C(F)(F)F)cc1. The highest BCUT2D eigenvalue weighted by Gasteiger charge is 2.32. The molecule has 1 fully saturated rings. The smallest absolute Gasteiger partial charge is 0.416 e. The number of rotatable bonds is 10. The Labute approximate surface area is 220 Å². The molecular weight excluding hydrogens is 502 g/mol. The van der Waals surface area contributed by atoms with Crippen LogP contribution in [0.1, 0.15) is 75.9 Å². The topological polar surface area (TPSA) is 93.7 Å². The summed E-state index contributed by atoms with van der Waals surface area (Å²) in [6.07, 6.45) is -2.59. The molecule has 0 bridgehead atoms.